The average Bonchev–Trinajstić information content (AvgIpc) is 2.04. The van der Waals surface area contributed by atoms with Crippen molar-refractivity contribution in [1.29, 1.82) is 0 Å². The third-order valence-electron chi connectivity index (χ3n) is 1.27. The SMILES string of the molecule is CC.Cc1cc(C)c(O)c(Cl)n1. The molecule has 1 rings (SSSR count). The van der Waals surface area contributed by atoms with Gasteiger partial charge < -0.3 is 5.11 Å². The summed E-state index contributed by atoms with van der Waals surface area (Å²) >= 11 is 5.56. The van der Waals surface area contributed by atoms with Gasteiger partial charge in [0, 0.05) is 5.69 Å². The van der Waals surface area contributed by atoms with E-state index in [9.17, 15) is 0 Å². The van der Waals surface area contributed by atoms with Crippen molar-refractivity contribution in [3.05, 3.63) is 22.5 Å². The first-order valence-corrected chi connectivity index (χ1v) is 4.32. The van der Waals surface area contributed by atoms with Crippen LogP contribution in [0.5, 0.6) is 5.75 Å². The van der Waals surface area contributed by atoms with Crippen LogP contribution in [0.4, 0.5) is 0 Å². The van der Waals surface area contributed by atoms with E-state index in [1.54, 1.807) is 13.0 Å². The van der Waals surface area contributed by atoms with Gasteiger partial charge in [-0.25, -0.2) is 4.98 Å². The number of halogens is 1. The van der Waals surface area contributed by atoms with Crippen molar-refractivity contribution in [2.75, 3.05) is 0 Å². The molecule has 0 aliphatic carbocycles. The maximum atomic E-state index is 9.14. The molecule has 0 radical (unpaired) electrons. The summed E-state index contributed by atoms with van der Waals surface area (Å²) in [4.78, 5) is 3.85. The lowest BCUT2D eigenvalue weighted by Crippen LogP contribution is -1.84. The number of aromatic nitrogens is 1. The van der Waals surface area contributed by atoms with Gasteiger partial charge >= 0.3 is 0 Å². The van der Waals surface area contributed by atoms with Crippen LogP contribution in [-0.2, 0) is 0 Å². The molecule has 2 nitrogen and oxygen atoms in total. The van der Waals surface area contributed by atoms with Gasteiger partial charge in [0.2, 0.25) is 0 Å². The molecule has 1 heterocycles. The first kappa shape index (κ1) is 11.2. The molecular weight excluding hydrogens is 174 g/mol. The fraction of sp³-hybridized carbons (Fsp3) is 0.444. The predicted octanol–water partition coefficient (Wildman–Crippen LogP) is 3.08. The zero-order valence-electron chi connectivity index (χ0n) is 7.85. The summed E-state index contributed by atoms with van der Waals surface area (Å²) in [6, 6.07) is 1.78. The minimum atomic E-state index is 0.0762. The lowest BCUT2D eigenvalue weighted by atomic mass is 10.2. The predicted molar refractivity (Wildman–Crippen MR) is 51.7 cm³/mol. The Bertz CT molecular complexity index is 238. The van der Waals surface area contributed by atoms with Crippen LogP contribution in [0.15, 0.2) is 6.07 Å². The number of pyridine rings is 1. The third-order valence-corrected chi connectivity index (χ3v) is 1.53. The largest absolute Gasteiger partial charge is 0.505 e. The van der Waals surface area contributed by atoms with Gasteiger partial charge in [0.25, 0.3) is 0 Å². The van der Waals surface area contributed by atoms with E-state index < -0.39 is 0 Å². The summed E-state index contributed by atoms with van der Waals surface area (Å²) in [5, 5.41) is 9.31. The molecule has 0 aliphatic heterocycles. The average molecular weight is 188 g/mol. The van der Waals surface area contributed by atoms with E-state index in [2.05, 4.69) is 4.98 Å². The Morgan fingerprint density at radius 2 is 1.83 bits per heavy atom. The molecule has 1 aromatic rings. The minimum Gasteiger partial charge on any atom is -0.505 e. The second kappa shape index (κ2) is 4.99. The van der Waals surface area contributed by atoms with Gasteiger partial charge in [0.1, 0.15) is 0 Å². The molecule has 0 fully saturated rings. The summed E-state index contributed by atoms with van der Waals surface area (Å²) in [6.07, 6.45) is 0. The Kier molecular flexibility index (Phi) is 4.67. The van der Waals surface area contributed by atoms with Crippen molar-refractivity contribution in [2.45, 2.75) is 27.7 Å². The van der Waals surface area contributed by atoms with Crippen LogP contribution in [0.1, 0.15) is 25.1 Å². The number of aryl methyl sites for hydroxylation is 2. The first-order valence-electron chi connectivity index (χ1n) is 3.94. The normalized spacial score (nSPS) is 8.75. The third kappa shape index (κ3) is 2.70. The van der Waals surface area contributed by atoms with Crippen molar-refractivity contribution >= 4 is 11.6 Å². The summed E-state index contributed by atoms with van der Waals surface area (Å²) in [5.74, 6) is 0.0762. The molecule has 1 aromatic heterocycles. The number of rotatable bonds is 0. The van der Waals surface area contributed by atoms with E-state index in [1.165, 1.54) is 0 Å². The Morgan fingerprint density at radius 1 is 1.33 bits per heavy atom. The van der Waals surface area contributed by atoms with E-state index in [-0.39, 0.29) is 10.9 Å². The van der Waals surface area contributed by atoms with E-state index in [1.807, 2.05) is 20.8 Å². The first-order chi connectivity index (χ1) is 5.61. The van der Waals surface area contributed by atoms with Crippen LogP contribution < -0.4 is 0 Å². The van der Waals surface area contributed by atoms with Crippen molar-refractivity contribution in [3.63, 3.8) is 0 Å². The van der Waals surface area contributed by atoms with Crippen LogP contribution >= 0.6 is 11.6 Å². The molecule has 0 spiro atoms. The maximum absolute atomic E-state index is 9.14. The van der Waals surface area contributed by atoms with Gasteiger partial charge in [-0.05, 0) is 25.5 Å². The zero-order valence-corrected chi connectivity index (χ0v) is 8.61. The molecule has 0 amide bonds. The zero-order chi connectivity index (χ0) is 9.72. The van der Waals surface area contributed by atoms with Gasteiger partial charge in [-0.1, -0.05) is 25.4 Å². The van der Waals surface area contributed by atoms with E-state index >= 15 is 0 Å². The van der Waals surface area contributed by atoms with Gasteiger partial charge in [-0.15, -0.1) is 0 Å². The minimum absolute atomic E-state index is 0.0762. The molecule has 0 bridgehead atoms. The van der Waals surface area contributed by atoms with E-state index in [4.69, 9.17) is 16.7 Å². The molecule has 0 saturated carbocycles. The Balaban J connectivity index is 0.000000561. The highest BCUT2D eigenvalue weighted by Crippen LogP contribution is 2.24. The van der Waals surface area contributed by atoms with E-state index in [0.29, 0.717) is 0 Å². The van der Waals surface area contributed by atoms with Gasteiger partial charge in [0.05, 0.1) is 0 Å². The standard InChI is InChI=1S/C7H8ClNO.C2H6/c1-4-3-5(2)9-7(8)6(4)10;1-2/h3,10H,1-2H3;1-2H3. The molecule has 0 aromatic carbocycles. The van der Waals surface area contributed by atoms with Crippen LogP contribution in [0.25, 0.3) is 0 Å². The lowest BCUT2D eigenvalue weighted by Gasteiger charge is -2.00. The monoisotopic (exact) mass is 187 g/mol. The quantitative estimate of drug-likeness (QED) is 0.634. The highest BCUT2D eigenvalue weighted by molar-refractivity contribution is 6.30. The van der Waals surface area contributed by atoms with Crippen LogP contribution in [0.3, 0.4) is 0 Å². The van der Waals surface area contributed by atoms with Crippen LogP contribution in [0.2, 0.25) is 5.15 Å². The number of hydrogen-bond donors (Lipinski definition) is 1. The maximum Gasteiger partial charge on any atom is 0.171 e. The molecule has 0 aliphatic rings. The van der Waals surface area contributed by atoms with E-state index in [0.717, 1.165) is 11.3 Å². The summed E-state index contributed by atoms with van der Waals surface area (Å²) < 4.78 is 0. The Morgan fingerprint density at radius 3 is 2.25 bits per heavy atom. The molecular formula is C9H14ClNO. The summed E-state index contributed by atoms with van der Waals surface area (Å²) in [5.41, 5.74) is 1.58. The fourth-order valence-electron chi connectivity index (χ4n) is 0.784. The molecule has 3 heteroatoms. The molecule has 68 valence electrons. The molecule has 12 heavy (non-hydrogen) atoms. The molecule has 0 unspecified atom stereocenters. The number of hydrogen-bond acceptors (Lipinski definition) is 2. The summed E-state index contributed by atoms with van der Waals surface area (Å²) in [7, 11) is 0. The smallest absolute Gasteiger partial charge is 0.171 e. The summed E-state index contributed by atoms with van der Waals surface area (Å²) in [6.45, 7) is 7.62. The number of aromatic hydroxyl groups is 1. The van der Waals surface area contributed by atoms with Crippen molar-refractivity contribution in [1.82, 2.24) is 4.98 Å². The van der Waals surface area contributed by atoms with Crippen molar-refractivity contribution in [3.8, 4) is 5.75 Å². The fourth-order valence-corrected chi connectivity index (χ4v) is 1.07. The highest BCUT2D eigenvalue weighted by Gasteiger charge is 2.02. The second-order valence-electron chi connectivity index (χ2n) is 2.22. The Hall–Kier alpha value is -0.760. The van der Waals surface area contributed by atoms with Crippen LogP contribution in [-0.4, -0.2) is 10.1 Å². The number of nitrogens with zero attached hydrogens (tertiary/aromatic N) is 1. The van der Waals surface area contributed by atoms with Gasteiger partial charge in [-0.2, -0.15) is 0 Å². The topological polar surface area (TPSA) is 33.1 Å². The van der Waals surface area contributed by atoms with Crippen molar-refractivity contribution in [2.24, 2.45) is 0 Å². The molecule has 0 saturated heterocycles. The second-order valence-corrected chi connectivity index (χ2v) is 2.58. The lowest BCUT2D eigenvalue weighted by molar-refractivity contribution is 0.468. The van der Waals surface area contributed by atoms with Crippen LogP contribution in [0, 0.1) is 13.8 Å². The Labute approximate surface area is 78.2 Å². The molecule has 1 N–H and O–H groups in total. The van der Waals surface area contributed by atoms with Crippen molar-refractivity contribution < 1.29 is 5.11 Å². The molecule has 0 atom stereocenters. The van der Waals surface area contributed by atoms with Gasteiger partial charge in [-0.3, -0.25) is 0 Å². The highest BCUT2D eigenvalue weighted by atomic mass is 35.5. The van der Waals surface area contributed by atoms with Gasteiger partial charge in [0.15, 0.2) is 10.9 Å².